The van der Waals surface area contributed by atoms with E-state index in [0.29, 0.717) is 5.95 Å². The zero-order valence-corrected chi connectivity index (χ0v) is 22.8. The normalized spacial score (nSPS) is 10.9. The van der Waals surface area contributed by atoms with E-state index >= 15 is 0 Å². The molecule has 0 saturated carbocycles. The molecule has 0 bridgehead atoms. The number of hydrogen-bond donors (Lipinski definition) is 2. The highest BCUT2D eigenvalue weighted by Gasteiger charge is 2.13. The molecule has 0 atom stereocenters. The quantitative estimate of drug-likeness (QED) is 0.251. The fourth-order valence-corrected chi connectivity index (χ4v) is 3.58. The maximum atomic E-state index is 4.60. The maximum Gasteiger partial charge on any atom is 0.224 e. The topological polar surface area (TPSA) is 70.9 Å². The van der Waals surface area contributed by atoms with E-state index in [2.05, 4.69) is 72.6 Å². The molecule has 0 aliphatic heterocycles. The Morgan fingerprint density at radius 2 is 1.80 bits per heavy atom. The van der Waals surface area contributed by atoms with E-state index in [1.807, 2.05) is 55.3 Å². The lowest BCUT2D eigenvalue weighted by Crippen LogP contribution is -2.20. The van der Waals surface area contributed by atoms with Gasteiger partial charge in [-0.2, -0.15) is 10.1 Å². The van der Waals surface area contributed by atoms with Gasteiger partial charge in [-0.15, -0.1) is 0 Å². The second kappa shape index (κ2) is 13.7. The molecule has 190 valence electrons. The van der Waals surface area contributed by atoms with Gasteiger partial charge in [0.1, 0.15) is 5.65 Å². The average Bonchev–Trinajstić information content (AvgIpc) is 3.47. The molecule has 0 aromatic carbocycles. The molecule has 0 amide bonds. The Balaban J connectivity index is 0.000000416. The van der Waals surface area contributed by atoms with Gasteiger partial charge in [0.2, 0.25) is 5.95 Å². The van der Waals surface area contributed by atoms with Crippen molar-refractivity contribution in [1.82, 2.24) is 24.6 Å². The highest BCUT2D eigenvalue weighted by molar-refractivity contribution is 5.94. The largest absolute Gasteiger partial charge is 0.354 e. The third kappa shape index (κ3) is 7.94. The van der Waals surface area contributed by atoms with Crippen molar-refractivity contribution in [2.45, 2.75) is 80.6 Å². The second-order valence-corrected chi connectivity index (χ2v) is 9.68. The van der Waals surface area contributed by atoms with Gasteiger partial charge >= 0.3 is 0 Å². The molecular weight excluding hydrogens is 432 g/mol. The first-order valence-corrected chi connectivity index (χ1v) is 13.0. The van der Waals surface area contributed by atoms with Crippen LogP contribution >= 0.6 is 0 Å². The van der Waals surface area contributed by atoms with Gasteiger partial charge in [-0.05, 0) is 23.1 Å². The first-order chi connectivity index (χ1) is 16.9. The number of nitrogens with one attached hydrogen (secondary N) is 2. The Morgan fingerprint density at radius 1 is 1.09 bits per heavy atom. The third-order valence-electron chi connectivity index (χ3n) is 5.50. The van der Waals surface area contributed by atoms with Crippen LogP contribution in [0, 0.1) is 5.41 Å². The SMILES string of the molecule is C=Cc1cnn2ccc(-c3c[nH]c4nc(NCC(C)(C)C)ncc34)cc12.CC.CCCCCCC. The molecule has 4 aromatic rings. The fourth-order valence-electron chi connectivity index (χ4n) is 3.58. The van der Waals surface area contributed by atoms with E-state index in [4.69, 9.17) is 0 Å². The molecule has 2 N–H and O–H groups in total. The number of nitrogens with zero attached hydrogens (tertiary/aromatic N) is 4. The summed E-state index contributed by atoms with van der Waals surface area (Å²) in [6, 6.07) is 4.15. The van der Waals surface area contributed by atoms with E-state index in [-0.39, 0.29) is 5.41 Å². The van der Waals surface area contributed by atoms with Crippen molar-refractivity contribution in [3.05, 3.63) is 49.1 Å². The third-order valence-corrected chi connectivity index (χ3v) is 5.50. The molecule has 35 heavy (non-hydrogen) atoms. The molecule has 4 rings (SSSR count). The van der Waals surface area contributed by atoms with Gasteiger partial charge < -0.3 is 10.3 Å². The van der Waals surface area contributed by atoms with E-state index in [9.17, 15) is 0 Å². The standard InChI is InChI=1S/C20H22N6.C7H16.C2H6/c1-5-13-9-24-26-7-6-14(8-17(13)26)15-10-21-18-16(15)11-22-19(25-18)23-12-20(2,3)4;1-3-5-7-6-4-2;1-2/h5-11H,1,12H2,2-4H3,(H2,21,22,23,25);3-7H2,1-2H3;1-2H3. The Bertz CT molecular complexity index is 1180. The van der Waals surface area contributed by atoms with Crippen LogP contribution < -0.4 is 5.32 Å². The number of anilines is 1. The smallest absolute Gasteiger partial charge is 0.224 e. The van der Waals surface area contributed by atoms with Crippen LogP contribution in [0.25, 0.3) is 33.8 Å². The second-order valence-electron chi connectivity index (χ2n) is 9.68. The van der Waals surface area contributed by atoms with Crippen LogP contribution in [-0.4, -0.2) is 31.1 Å². The molecule has 0 aliphatic rings. The Morgan fingerprint density at radius 3 is 2.43 bits per heavy atom. The van der Waals surface area contributed by atoms with E-state index in [1.54, 1.807) is 0 Å². The minimum Gasteiger partial charge on any atom is -0.354 e. The van der Waals surface area contributed by atoms with Gasteiger partial charge in [0, 0.05) is 41.6 Å². The van der Waals surface area contributed by atoms with Gasteiger partial charge in [0.05, 0.1) is 11.7 Å². The number of H-pyrrole nitrogens is 1. The van der Waals surface area contributed by atoms with Crippen LogP contribution in [0.3, 0.4) is 0 Å². The van der Waals surface area contributed by atoms with Crippen molar-refractivity contribution in [3.8, 4) is 11.1 Å². The summed E-state index contributed by atoms with van der Waals surface area (Å²) in [6.45, 7) is 19.7. The highest BCUT2D eigenvalue weighted by Crippen LogP contribution is 2.29. The number of unbranched alkanes of at least 4 members (excludes halogenated alkanes) is 4. The van der Waals surface area contributed by atoms with Gasteiger partial charge in [-0.25, -0.2) is 9.50 Å². The van der Waals surface area contributed by atoms with Crippen molar-refractivity contribution in [3.63, 3.8) is 0 Å². The van der Waals surface area contributed by atoms with Crippen LogP contribution in [-0.2, 0) is 0 Å². The number of pyridine rings is 1. The summed E-state index contributed by atoms with van der Waals surface area (Å²) in [5, 5.41) is 8.62. The Kier molecular flexibility index (Phi) is 11.0. The van der Waals surface area contributed by atoms with E-state index < -0.39 is 0 Å². The lowest BCUT2D eigenvalue weighted by atomic mass is 9.97. The molecule has 4 aromatic heterocycles. The van der Waals surface area contributed by atoms with Crippen molar-refractivity contribution >= 4 is 28.6 Å². The van der Waals surface area contributed by atoms with E-state index in [0.717, 1.165) is 39.8 Å². The summed E-state index contributed by atoms with van der Waals surface area (Å²) in [5.41, 5.74) is 5.19. The van der Waals surface area contributed by atoms with Crippen molar-refractivity contribution in [2.24, 2.45) is 5.41 Å². The zero-order chi connectivity index (χ0) is 25.8. The maximum absolute atomic E-state index is 4.60. The summed E-state index contributed by atoms with van der Waals surface area (Å²) in [7, 11) is 0. The molecule has 6 heteroatoms. The molecule has 0 spiro atoms. The minimum absolute atomic E-state index is 0.169. The lowest BCUT2D eigenvalue weighted by Gasteiger charge is -2.18. The number of hydrogen-bond acceptors (Lipinski definition) is 4. The highest BCUT2D eigenvalue weighted by atomic mass is 15.2. The van der Waals surface area contributed by atoms with Crippen molar-refractivity contribution in [2.75, 3.05) is 11.9 Å². The molecule has 0 saturated heterocycles. The van der Waals surface area contributed by atoms with Crippen LogP contribution in [0.4, 0.5) is 5.95 Å². The van der Waals surface area contributed by atoms with Crippen molar-refractivity contribution in [1.29, 1.82) is 0 Å². The average molecular weight is 477 g/mol. The number of aromatic amines is 1. The van der Waals surface area contributed by atoms with Gasteiger partial charge in [0.25, 0.3) is 0 Å². The Hall–Kier alpha value is -3.15. The van der Waals surface area contributed by atoms with E-state index in [1.165, 1.54) is 32.1 Å². The van der Waals surface area contributed by atoms with Gasteiger partial charge in [-0.1, -0.05) is 93.2 Å². The number of rotatable bonds is 8. The van der Waals surface area contributed by atoms with Gasteiger partial charge in [0.15, 0.2) is 0 Å². The molecule has 0 aliphatic carbocycles. The molecule has 0 radical (unpaired) electrons. The van der Waals surface area contributed by atoms with Crippen LogP contribution in [0.2, 0.25) is 0 Å². The summed E-state index contributed by atoms with van der Waals surface area (Å²) in [4.78, 5) is 12.3. The van der Waals surface area contributed by atoms with Crippen LogP contribution in [0.15, 0.2) is 43.5 Å². The summed E-state index contributed by atoms with van der Waals surface area (Å²) >= 11 is 0. The monoisotopic (exact) mass is 476 g/mol. The minimum atomic E-state index is 0.169. The lowest BCUT2D eigenvalue weighted by molar-refractivity contribution is 0.442. The molecule has 0 unspecified atom stereocenters. The predicted molar refractivity (Wildman–Crippen MR) is 152 cm³/mol. The summed E-state index contributed by atoms with van der Waals surface area (Å²) in [6.07, 6.45) is 16.4. The summed E-state index contributed by atoms with van der Waals surface area (Å²) < 4.78 is 1.85. The zero-order valence-electron chi connectivity index (χ0n) is 22.8. The number of fused-ring (bicyclic) bond motifs is 2. The number of aromatic nitrogens is 5. The molecule has 6 nitrogen and oxygen atoms in total. The van der Waals surface area contributed by atoms with Crippen LogP contribution in [0.5, 0.6) is 0 Å². The molecular formula is C29H44N6. The summed E-state index contributed by atoms with van der Waals surface area (Å²) in [5.74, 6) is 0.640. The fraction of sp³-hybridized carbons (Fsp3) is 0.483. The van der Waals surface area contributed by atoms with Gasteiger partial charge in [-0.3, -0.25) is 0 Å². The predicted octanol–water partition coefficient (Wildman–Crippen LogP) is 8.38. The molecule has 4 heterocycles. The first-order valence-electron chi connectivity index (χ1n) is 13.0. The van der Waals surface area contributed by atoms with Crippen LogP contribution in [0.1, 0.15) is 86.1 Å². The molecule has 0 fully saturated rings. The Labute approximate surface area is 211 Å². The first kappa shape index (κ1) is 28.1. The van der Waals surface area contributed by atoms with Crippen molar-refractivity contribution < 1.29 is 0 Å².